The van der Waals surface area contributed by atoms with Gasteiger partial charge in [0.15, 0.2) is 0 Å². The molecule has 1 aliphatic heterocycles. The second kappa shape index (κ2) is 7.77. The van der Waals surface area contributed by atoms with E-state index in [2.05, 4.69) is 44.4 Å². The summed E-state index contributed by atoms with van der Waals surface area (Å²) in [4.78, 5) is 21.7. The van der Waals surface area contributed by atoms with Crippen molar-refractivity contribution < 1.29 is 4.79 Å². The van der Waals surface area contributed by atoms with Crippen LogP contribution in [0.15, 0.2) is 48.7 Å². The van der Waals surface area contributed by atoms with Gasteiger partial charge in [-0.05, 0) is 37.1 Å². The van der Waals surface area contributed by atoms with Gasteiger partial charge in [-0.1, -0.05) is 31.0 Å². The number of anilines is 2. The lowest BCUT2D eigenvalue weighted by Gasteiger charge is -2.36. The lowest BCUT2D eigenvalue weighted by atomic mass is 10.2. The molecule has 1 N–H and O–H groups in total. The molecule has 0 bridgehead atoms. The van der Waals surface area contributed by atoms with Crippen LogP contribution in [-0.2, 0) is 0 Å². The monoisotopic (exact) mass is 350 g/mol. The number of hydrogen-bond acceptors (Lipinski definition) is 4. The maximum atomic E-state index is 12.5. The molecule has 2 aromatic rings. The molecule has 1 amide bonds. The van der Waals surface area contributed by atoms with E-state index in [9.17, 15) is 4.79 Å². The Balaban J connectivity index is 1.38. The number of aromatic nitrogens is 1. The van der Waals surface area contributed by atoms with Gasteiger partial charge >= 0.3 is 0 Å². The largest absolute Gasteiger partial charge is 0.368 e. The molecule has 5 heteroatoms. The van der Waals surface area contributed by atoms with E-state index in [-0.39, 0.29) is 5.91 Å². The first-order chi connectivity index (χ1) is 12.8. The van der Waals surface area contributed by atoms with Gasteiger partial charge in [0, 0.05) is 49.7 Å². The first-order valence-corrected chi connectivity index (χ1v) is 9.61. The molecule has 136 valence electrons. The molecule has 0 unspecified atom stereocenters. The molecular weight excluding hydrogens is 324 g/mol. The van der Waals surface area contributed by atoms with Crippen molar-refractivity contribution in [3.8, 4) is 0 Å². The number of carbonyl (C=O) groups is 1. The van der Waals surface area contributed by atoms with Crippen LogP contribution in [0.1, 0.15) is 36.0 Å². The van der Waals surface area contributed by atoms with Crippen molar-refractivity contribution in [1.29, 1.82) is 0 Å². The predicted molar refractivity (Wildman–Crippen MR) is 105 cm³/mol. The fourth-order valence-electron chi connectivity index (χ4n) is 3.90. The Bertz CT molecular complexity index is 735. The zero-order chi connectivity index (χ0) is 17.8. The number of pyridine rings is 1. The number of nitrogens with zero attached hydrogens (tertiary/aromatic N) is 3. The first kappa shape index (κ1) is 16.9. The summed E-state index contributed by atoms with van der Waals surface area (Å²) in [6.45, 7) is 3.75. The molecule has 4 rings (SSSR count). The number of nitrogens with one attached hydrogen (secondary N) is 1. The van der Waals surface area contributed by atoms with Crippen molar-refractivity contribution in [2.24, 2.45) is 0 Å². The number of amides is 1. The van der Waals surface area contributed by atoms with Gasteiger partial charge in [-0.25, -0.2) is 4.98 Å². The minimum Gasteiger partial charge on any atom is -0.368 e. The summed E-state index contributed by atoms with van der Waals surface area (Å²) in [5.41, 5.74) is 1.98. The van der Waals surface area contributed by atoms with Crippen LogP contribution in [0.3, 0.4) is 0 Å². The summed E-state index contributed by atoms with van der Waals surface area (Å²) >= 11 is 0. The summed E-state index contributed by atoms with van der Waals surface area (Å²) in [7, 11) is 0. The van der Waals surface area contributed by atoms with Gasteiger partial charge in [0.05, 0.1) is 0 Å². The van der Waals surface area contributed by atoms with Gasteiger partial charge in [-0.15, -0.1) is 0 Å². The van der Waals surface area contributed by atoms with E-state index in [0.29, 0.717) is 11.6 Å². The fourth-order valence-corrected chi connectivity index (χ4v) is 3.90. The third kappa shape index (κ3) is 3.82. The standard InChI is InChI=1S/C21H26N4O/c26-21(23-18-6-4-5-7-18)17-10-11-22-20(16-17)25-14-12-24(13-15-25)19-8-2-1-3-9-19/h1-3,8-11,16,18H,4-7,12-15H2,(H,23,26). The highest BCUT2D eigenvalue weighted by molar-refractivity contribution is 5.95. The van der Waals surface area contributed by atoms with Crippen molar-refractivity contribution in [3.05, 3.63) is 54.2 Å². The topological polar surface area (TPSA) is 48.5 Å². The van der Waals surface area contributed by atoms with Crippen molar-refractivity contribution >= 4 is 17.4 Å². The number of rotatable bonds is 4. The highest BCUT2D eigenvalue weighted by Gasteiger charge is 2.21. The van der Waals surface area contributed by atoms with Gasteiger partial charge in [-0.2, -0.15) is 0 Å². The van der Waals surface area contributed by atoms with E-state index in [1.807, 2.05) is 18.2 Å². The first-order valence-electron chi connectivity index (χ1n) is 9.61. The Morgan fingerprint density at radius 3 is 2.38 bits per heavy atom. The molecule has 2 heterocycles. The third-order valence-electron chi connectivity index (χ3n) is 5.42. The van der Waals surface area contributed by atoms with Crippen molar-refractivity contribution in [2.45, 2.75) is 31.7 Å². The second-order valence-corrected chi connectivity index (χ2v) is 7.17. The summed E-state index contributed by atoms with van der Waals surface area (Å²) in [6, 6.07) is 14.6. The second-order valence-electron chi connectivity index (χ2n) is 7.17. The average molecular weight is 350 g/mol. The van der Waals surface area contributed by atoms with Crippen LogP contribution in [0.25, 0.3) is 0 Å². The Labute approximate surface area is 155 Å². The quantitative estimate of drug-likeness (QED) is 0.921. The molecule has 2 aliphatic rings. The molecule has 1 aromatic carbocycles. The molecule has 0 spiro atoms. The summed E-state index contributed by atoms with van der Waals surface area (Å²) in [5, 5.41) is 3.16. The predicted octanol–water partition coefficient (Wildman–Crippen LogP) is 3.08. The minimum atomic E-state index is 0.0310. The van der Waals surface area contributed by atoms with Crippen LogP contribution in [0.4, 0.5) is 11.5 Å². The maximum absolute atomic E-state index is 12.5. The van der Waals surface area contributed by atoms with Gasteiger partial charge in [-0.3, -0.25) is 4.79 Å². The van der Waals surface area contributed by atoms with Gasteiger partial charge in [0.2, 0.25) is 0 Å². The van der Waals surface area contributed by atoms with Crippen LogP contribution < -0.4 is 15.1 Å². The Morgan fingerprint density at radius 2 is 1.65 bits per heavy atom. The lowest BCUT2D eigenvalue weighted by molar-refractivity contribution is 0.0938. The zero-order valence-corrected chi connectivity index (χ0v) is 15.1. The van der Waals surface area contributed by atoms with E-state index in [4.69, 9.17) is 0 Å². The summed E-state index contributed by atoms with van der Waals surface area (Å²) < 4.78 is 0. The zero-order valence-electron chi connectivity index (χ0n) is 15.1. The average Bonchev–Trinajstić information content (AvgIpc) is 3.22. The van der Waals surface area contributed by atoms with Crippen molar-refractivity contribution in [3.63, 3.8) is 0 Å². The smallest absolute Gasteiger partial charge is 0.251 e. The molecular formula is C21H26N4O. The van der Waals surface area contributed by atoms with Crippen LogP contribution in [-0.4, -0.2) is 43.1 Å². The molecule has 1 aliphatic carbocycles. The third-order valence-corrected chi connectivity index (χ3v) is 5.42. The van der Waals surface area contributed by atoms with E-state index in [1.165, 1.54) is 18.5 Å². The molecule has 2 fully saturated rings. The maximum Gasteiger partial charge on any atom is 0.251 e. The Hall–Kier alpha value is -2.56. The van der Waals surface area contributed by atoms with Crippen LogP contribution >= 0.6 is 0 Å². The lowest BCUT2D eigenvalue weighted by Crippen LogP contribution is -2.46. The van der Waals surface area contributed by atoms with Crippen LogP contribution in [0, 0.1) is 0 Å². The van der Waals surface area contributed by atoms with E-state index >= 15 is 0 Å². The van der Waals surface area contributed by atoms with E-state index in [0.717, 1.165) is 44.8 Å². The van der Waals surface area contributed by atoms with Crippen LogP contribution in [0.2, 0.25) is 0 Å². The van der Waals surface area contributed by atoms with E-state index < -0.39 is 0 Å². The minimum absolute atomic E-state index is 0.0310. The molecule has 1 aromatic heterocycles. The van der Waals surface area contributed by atoms with Crippen LogP contribution in [0.5, 0.6) is 0 Å². The van der Waals surface area contributed by atoms with Gasteiger partial charge < -0.3 is 15.1 Å². The summed E-state index contributed by atoms with van der Waals surface area (Å²) in [6.07, 6.45) is 6.40. The van der Waals surface area contributed by atoms with Crippen molar-refractivity contribution in [1.82, 2.24) is 10.3 Å². The number of para-hydroxylation sites is 1. The Kier molecular flexibility index (Phi) is 5.04. The molecule has 0 atom stereocenters. The molecule has 1 saturated heterocycles. The number of piperazine rings is 1. The summed E-state index contributed by atoms with van der Waals surface area (Å²) in [5.74, 6) is 0.931. The van der Waals surface area contributed by atoms with Gasteiger partial charge in [0.1, 0.15) is 5.82 Å². The number of benzene rings is 1. The highest BCUT2D eigenvalue weighted by Crippen LogP contribution is 2.21. The van der Waals surface area contributed by atoms with E-state index in [1.54, 1.807) is 6.20 Å². The molecule has 5 nitrogen and oxygen atoms in total. The van der Waals surface area contributed by atoms with Gasteiger partial charge in [0.25, 0.3) is 5.91 Å². The highest BCUT2D eigenvalue weighted by atomic mass is 16.1. The molecule has 26 heavy (non-hydrogen) atoms. The number of carbonyl (C=O) groups excluding carboxylic acids is 1. The fraction of sp³-hybridized carbons (Fsp3) is 0.429. The number of hydrogen-bond donors (Lipinski definition) is 1. The molecule has 1 saturated carbocycles. The normalized spacial score (nSPS) is 18.2. The van der Waals surface area contributed by atoms with Crippen molar-refractivity contribution in [2.75, 3.05) is 36.0 Å². The molecule has 0 radical (unpaired) electrons. The SMILES string of the molecule is O=C(NC1CCCC1)c1ccnc(N2CCN(c3ccccc3)CC2)c1. The Morgan fingerprint density at radius 1 is 0.962 bits per heavy atom.